The Labute approximate surface area is 162 Å². The summed E-state index contributed by atoms with van der Waals surface area (Å²) in [4.78, 5) is 4.11. The van der Waals surface area contributed by atoms with Crippen molar-refractivity contribution in [3.8, 4) is 17.2 Å². The van der Waals surface area contributed by atoms with Crippen molar-refractivity contribution in [2.45, 2.75) is 18.7 Å². The lowest BCUT2D eigenvalue weighted by atomic mass is 9.95. The Morgan fingerprint density at radius 3 is 2.71 bits per heavy atom. The van der Waals surface area contributed by atoms with Gasteiger partial charge in [-0.2, -0.15) is 5.10 Å². The van der Waals surface area contributed by atoms with Gasteiger partial charge >= 0.3 is 0 Å². The highest BCUT2D eigenvalue weighted by molar-refractivity contribution is 6.02. The number of phenols is 1. The molecule has 0 bridgehead atoms. The monoisotopic (exact) mass is 373 g/mol. The van der Waals surface area contributed by atoms with E-state index in [0.717, 1.165) is 28.2 Å². The van der Waals surface area contributed by atoms with Gasteiger partial charge < -0.3 is 14.6 Å². The molecule has 2 aliphatic rings. The average Bonchev–Trinajstić information content (AvgIpc) is 3.19. The Morgan fingerprint density at radius 2 is 1.93 bits per heavy atom. The number of fused-ring (bicyclic) bond motifs is 3. The van der Waals surface area contributed by atoms with Crippen LogP contribution in [0.25, 0.3) is 0 Å². The fourth-order valence-corrected chi connectivity index (χ4v) is 3.85. The van der Waals surface area contributed by atoms with E-state index in [-0.39, 0.29) is 18.0 Å². The van der Waals surface area contributed by atoms with Crippen LogP contribution in [0.1, 0.15) is 35.4 Å². The molecule has 0 unspecified atom stereocenters. The first kappa shape index (κ1) is 16.6. The van der Waals surface area contributed by atoms with E-state index < -0.39 is 0 Å². The molecule has 3 heterocycles. The molecule has 3 aromatic rings. The summed E-state index contributed by atoms with van der Waals surface area (Å²) in [6.07, 6.45) is 3.84. The van der Waals surface area contributed by atoms with Gasteiger partial charge in [0, 0.05) is 35.5 Å². The number of pyridine rings is 1. The van der Waals surface area contributed by atoms with Gasteiger partial charge in [-0.25, -0.2) is 5.01 Å². The van der Waals surface area contributed by atoms with E-state index in [1.54, 1.807) is 31.6 Å². The molecule has 0 saturated carbocycles. The molecular formula is C22H19N3O3. The normalized spacial score (nSPS) is 20.0. The van der Waals surface area contributed by atoms with Gasteiger partial charge in [0.1, 0.15) is 5.75 Å². The molecule has 2 atom stereocenters. The summed E-state index contributed by atoms with van der Waals surface area (Å²) in [7, 11) is 1.65. The molecule has 0 aliphatic carbocycles. The molecule has 0 spiro atoms. The molecular weight excluding hydrogens is 354 g/mol. The summed E-state index contributed by atoms with van der Waals surface area (Å²) in [6, 6.07) is 17.0. The number of hydrogen-bond donors (Lipinski definition) is 1. The number of hydrogen-bond acceptors (Lipinski definition) is 6. The zero-order chi connectivity index (χ0) is 19.1. The van der Waals surface area contributed by atoms with Crippen LogP contribution < -0.4 is 9.47 Å². The average molecular weight is 373 g/mol. The van der Waals surface area contributed by atoms with Gasteiger partial charge in [0.2, 0.25) is 6.23 Å². The molecule has 0 fully saturated rings. The maximum atomic E-state index is 9.87. The van der Waals surface area contributed by atoms with E-state index >= 15 is 0 Å². The SMILES string of the molecule is COc1cccc2c1O[C@@H](c1ccncc1)N1N=C(c3cccc(O)c3)C[C@H]21. The summed E-state index contributed by atoms with van der Waals surface area (Å²) in [5.41, 5.74) is 3.84. The number of methoxy groups -OCH3 is 1. The van der Waals surface area contributed by atoms with Crippen molar-refractivity contribution in [2.75, 3.05) is 7.11 Å². The molecule has 28 heavy (non-hydrogen) atoms. The van der Waals surface area contributed by atoms with Crippen molar-refractivity contribution in [2.24, 2.45) is 5.10 Å². The van der Waals surface area contributed by atoms with Crippen LogP contribution in [0.5, 0.6) is 17.2 Å². The molecule has 0 saturated heterocycles. The van der Waals surface area contributed by atoms with Crippen LogP contribution in [-0.2, 0) is 0 Å². The summed E-state index contributed by atoms with van der Waals surface area (Å²) >= 11 is 0. The number of ether oxygens (including phenoxy) is 2. The Bertz CT molecular complexity index is 1050. The third kappa shape index (κ3) is 2.65. The van der Waals surface area contributed by atoms with Gasteiger partial charge in [-0.15, -0.1) is 0 Å². The Kier molecular flexibility index (Phi) is 3.90. The molecule has 0 radical (unpaired) electrons. The maximum Gasteiger partial charge on any atom is 0.214 e. The fourth-order valence-electron chi connectivity index (χ4n) is 3.85. The first-order valence-electron chi connectivity index (χ1n) is 9.13. The van der Waals surface area contributed by atoms with Gasteiger partial charge in [0.15, 0.2) is 11.5 Å². The summed E-state index contributed by atoms with van der Waals surface area (Å²) in [5, 5.41) is 16.8. The molecule has 2 aromatic carbocycles. The topological polar surface area (TPSA) is 67.2 Å². The highest BCUT2D eigenvalue weighted by Gasteiger charge is 2.42. The summed E-state index contributed by atoms with van der Waals surface area (Å²) < 4.78 is 11.9. The number of phenolic OH excluding ortho intramolecular Hbond substituents is 1. The van der Waals surface area contributed by atoms with Crippen LogP contribution in [0.4, 0.5) is 0 Å². The Morgan fingerprint density at radius 1 is 1.11 bits per heavy atom. The number of benzene rings is 2. The minimum absolute atomic E-state index is 0.0226. The second-order valence-electron chi connectivity index (χ2n) is 6.83. The van der Waals surface area contributed by atoms with Crippen LogP contribution >= 0.6 is 0 Å². The van der Waals surface area contributed by atoms with Crippen LogP contribution in [0.15, 0.2) is 72.1 Å². The number of para-hydroxylation sites is 1. The predicted molar refractivity (Wildman–Crippen MR) is 104 cm³/mol. The maximum absolute atomic E-state index is 9.87. The lowest BCUT2D eigenvalue weighted by Crippen LogP contribution is -2.33. The van der Waals surface area contributed by atoms with E-state index in [1.165, 1.54) is 0 Å². The Balaban J connectivity index is 1.63. The smallest absolute Gasteiger partial charge is 0.214 e. The second-order valence-corrected chi connectivity index (χ2v) is 6.83. The highest BCUT2D eigenvalue weighted by atomic mass is 16.5. The molecule has 140 valence electrons. The molecule has 1 N–H and O–H groups in total. The molecule has 2 aliphatic heterocycles. The van der Waals surface area contributed by atoms with Crippen molar-refractivity contribution in [3.63, 3.8) is 0 Å². The highest BCUT2D eigenvalue weighted by Crippen LogP contribution is 2.50. The molecule has 0 amide bonds. The standard InChI is InChI=1S/C22H19N3O3/c1-27-20-7-3-6-17-19-13-18(15-4-2-5-16(26)12-15)24-25(19)22(28-21(17)20)14-8-10-23-11-9-14/h2-12,19,22,26H,13H2,1H3/t19-,22+/m1/s1. The van der Waals surface area contributed by atoms with Gasteiger partial charge in [-0.1, -0.05) is 24.3 Å². The second kappa shape index (κ2) is 6.56. The van der Waals surface area contributed by atoms with E-state index in [0.29, 0.717) is 12.2 Å². The van der Waals surface area contributed by atoms with E-state index in [1.807, 2.05) is 41.4 Å². The van der Waals surface area contributed by atoms with Crippen molar-refractivity contribution >= 4 is 5.71 Å². The van der Waals surface area contributed by atoms with Gasteiger partial charge in [0.25, 0.3) is 0 Å². The molecule has 5 rings (SSSR count). The predicted octanol–water partition coefficient (Wildman–Crippen LogP) is 4.04. The van der Waals surface area contributed by atoms with Crippen LogP contribution in [0.3, 0.4) is 0 Å². The van der Waals surface area contributed by atoms with Crippen LogP contribution in [0, 0.1) is 0 Å². The largest absolute Gasteiger partial charge is 0.508 e. The fraction of sp³-hybridized carbons (Fsp3) is 0.182. The third-order valence-corrected chi connectivity index (χ3v) is 5.17. The van der Waals surface area contributed by atoms with Gasteiger partial charge in [0.05, 0.1) is 18.9 Å². The number of hydrazone groups is 1. The van der Waals surface area contributed by atoms with Crippen molar-refractivity contribution < 1.29 is 14.6 Å². The molecule has 6 nitrogen and oxygen atoms in total. The zero-order valence-corrected chi connectivity index (χ0v) is 15.3. The van der Waals surface area contributed by atoms with Crippen molar-refractivity contribution in [3.05, 3.63) is 83.7 Å². The quantitative estimate of drug-likeness (QED) is 0.751. The number of aromatic nitrogens is 1. The number of aromatic hydroxyl groups is 1. The number of nitrogens with zero attached hydrogens (tertiary/aromatic N) is 3. The van der Waals surface area contributed by atoms with E-state index in [9.17, 15) is 5.11 Å². The van der Waals surface area contributed by atoms with Gasteiger partial charge in [-0.05, 0) is 30.3 Å². The third-order valence-electron chi connectivity index (χ3n) is 5.17. The van der Waals surface area contributed by atoms with E-state index in [2.05, 4.69) is 11.1 Å². The minimum Gasteiger partial charge on any atom is -0.508 e. The number of rotatable bonds is 3. The van der Waals surface area contributed by atoms with Crippen LogP contribution in [-0.4, -0.2) is 27.9 Å². The van der Waals surface area contributed by atoms with Crippen molar-refractivity contribution in [1.29, 1.82) is 0 Å². The zero-order valence-electron chi connectivity index (χ0n) is 15.3. The van der Waals surface area contributed by atoms with E-state index in [4.69, 9.17) is 14.6 Å². The van der Waals surface area contributed by atoms with Gasteiger partial charge in [-0.3, -0.25) is 4.98 Å². The lowest BCUT2D eigenvalue weighted by molar-refractivity contribution is -0.0209. The molecule has 1 aromatic heterocycles. The molecule has 6 heteroatoms. The summed E-state index contributed by atoms with van der Waals surface area (Å²) in [5.74, 6) is 1.69. The lowest BCUT2D eigenvalue weighted by Gasteiger charge is -2.38. The Hall–Kier alpha value is -3.54. The van der Waals surface area contributed by atoms with Crippen LogP contribution in [0.2, 0.25) is 0 Å². The summed E-state index contributed by atoms with van der Waals surface area (Å²) in [6.45, 7) is 0. The first-order chi connectivity index (χ1) is 13.7. The minimum atomic E-state index is -0.383. The first-order valence-corrected chi connectivity index (χ1v) is 9.13. The van der Waals surface area contributed by atoms with Crippen molar-refractivity contribution in [1.82, 2.24) is 9.99 Å².